The van der Waals surface area contributed by atoms with Crippen molar-refractivity contribution in [3.05, 3.63) is 47.3 Å². The molecule has 4 rings (SSSR count). The van der Waals surface area contributed by atoms with Crippen LogP contribution in [-0.4, -0.2) is 17.6 Å². The number of amides is 1. The Hall–Kier alpha value is -2.10. The highest BCUT2D eigenvalue weighted by Crippen LogP contribution is 2.40. The molecule has 1 aliphatic carbocycles. The molecule has 0 radical (unpaired) electrons. The van der Waals surface area contributed by atoms with Crippen molar-refractivity contribution in [2.45, 2.75) is 31.6 Å². The molecular formula is C16H16N2O2. The van der Waals surface area contributed by atoms with Crippen molar-refractivity contribution in [3.8, 4) is 0 Å². The maximum atomic E-state index is 12.6. The number of hydrogen-bond acceptors (Lipinski definition) is 3. The summed E-state index contributed by atoms with van der Waals surface area (Å²) in [5, 5.41) is 3.96. The van der Waals surface area contributed by atoms with Crippen molar-refractivity contribution in [1.29, 1.82) is 0 Å². The van der Waals surface area contributed by atoms with Crippen molar-refractivity contribution in [1.82, 2.24) is 5.16 Å². The fourth-order valence-electron chi connectivity index (χ4n) is 2.83. The van der Waals surface area contributed by atoms with Crippen LogP contribution in [0.25, 0.3) is 0 Å². The van der Waals surface area contributed by atoms with Crippen LogP contribution in [0.15, 0.2) is 34.9 Å². The van der Waals surface area contributed by atoms with Gasteiger partial charge < -0.3 is 9.42 Å². The summed E-state index contributed by atoms with van der Waals surface area (Å²) < 4.78 is 5.29. The number of hydrogen-bond donors (Lipinski definition) is 0. The van der Waals surface area contributed by atoms with Crippen molar-refractivity contribution in [2.24, 2.45) is 0 Å². The van der Waals surface area contributed by atoms with Gasteiger partial charge in [0.2, 0.25) is 0 Å². The van der Waals surface area contributed by atoms with Crippen LogP contribution >= 0.6 is 0 Å². The third-order valence-electron chi connectivity index (χ3n) is 4.08. The molecule has 0 atom stereocenters. The topological polar surface area (TPSA) is 46.3 Å². The molecule has 1 amide bonds. The molecule has 2 aromatic rings. The number of rotatable bonds is 2. The molecule has 2 heterocycles. The normalized spacial score (nSPS) is 17.9. The highest BCUT2D eigenvalue weighted by Gasteiger charge is 2.31. The fourth-order valence-corrected chi connectivity index (χ4v) is 2.83. The van der Waals surface area contributed by atoms with E-state index in [4.69, 9.17) is 4.52 Å². The van der Waals surface area contributed by atoms with E-state index in [-0.39, 0.29) is 5.91 Å². The molecule has 20 heavy (non-hydrogen) atoms. The third kappa shape index (κ3) is 1.92. The van der Waals surface area contributed by atoms with Gasteiger partial charge in [-0.05, 0) is 37.3 Å². The number of aromatic nitrogens is 1. The first kappa shape index (κ1) is 11.7. The van der Waals surface area contributed by atoms with E-state index in [0.717, 1.165) is 43.7 Å². The first-order valence-electron chi connectivity index (χ1n) is 7.19. The minimum Gasteiger partial charge on any atom is -0.360 e. The zero-order chi connectivity index (χ0) is 13.5. The van der Waals surface area contributed by atoms with Crippen LogP contribution in [0.5, 0.6) is 0 Å². The minimum atomic E-state index is -0.0483. The van der Waals surface area contributed by atoms with E-state index < -0.39 is 0 Å². The van der Waals surface area contributed by atoms with Crippen LogP contribution in [0.2, 0.25) is 0 Å². The number of fused-ring (bicyclic) bond motifs is 1. The Morgan fingerprint density at radius 3 is 3.00 bits per heavy atom. The number of nitrogens with zero attached hydrogens (tertiary/aromatic N) is 2. The molecule has 0 unspecified atom stereocenters. The van der Waals surface area contributed by atoms with Crippen LogP contribution in [0.4, 0.5) is 5.69 Å². The van der Waals surface area contributed by atoms with E-state index in [0.29, 0.717) is 11.6 Å². The van der Waals surface area contributed by atoms with Crippen LogP contribution in [0.3, 0.4) is 0 Å². The van der Waals surface area contributed by atoms with Crippen molar-refractivity contribution < 1.29 is 9.32 Å². The van der Waals surface area contributed by atoms with Gasteiger partial charge in [-0.2, -0.15) is 0 Å². The molecule has 1 aliphatic heterocycles. The van der Waals surface area contributed by atoms with Crippen LogP contribution in [0, 0.1) is 0 Å². The quantitative estimate of drug-likeness (QED) is 0.840. The van der Waals surface area contributed by atoms with E-state index in [2.05, 4.69) is 11.2 Å². The number of anilines is 1. The van der Waals surface area contributed by atoms with Crippen LogP contribution in [0.1, 0.15) is 47.0 Å². The van der Waals surface area contributed by atoms with Gasteiger partial charge in [0.25, 0.3) is 5.91 Å². The molecule has 1 aromatic carbocycles. The minimum absolute atomic E-state index is 0.0483. The maximum Gasteiger partial charge on any atom is 0.280 e. The van der Waals surface area contributed by atoms with Gasteiger partial charge in [-0.15, -0.1) is 0 Å². The first-order chi connectivity index (χ1) is 9.83. The number of benzene rings is 1. The van der Waals surface area contributed by atoms with Crippen molar-refractivity contribution in [3.63, 3.8) is 0 Å². The van der Waals surface area contributed by atoms with Gasteiger partial charge in [0.15, 0.2) is 5.69 Å². The molecule has 0 bridgehead atoms. The lowest BCUT2D eigenvalue weighted by Gasteiger charge is -2.28. The summed E-state index contributed by atoms with van der Waals surface area (Å²) in [6.07, 6.45) is 4.33. The smallest absolute Gasteiger partial charge is 0.280 e. The summed E-state index contributed by atoms with van der Waals surface area (Å²) in [5.41, 5.74) is 2.68. The molecule has 2 aliphatic rings. The maximum absolute atomic E-state index is 12.6. The van der Waals surface area contributed by atoms with Gasteiger partial charge in [-0.3, -0.25) is 4.79 Å². The fraction of sp³-hybridized carbons (Fsp3) is 0.375. The van der Waals surface area contributed by atoms with Crippen LogP contribution < -0.4 is 4.90 Å². The Morgan fingerprint density at radius 1 is 1.30 bits per heavy atom. The van der Waals surface area contributed by atoms with E-state index in [1.54, 1.807) is 0 Å². The average Bonchev–Trinajstić information content (AvgIpc) is 3.23. The van der Waals surface area contributed by atoms with Gasteiger partial charge in [0, 0.05) is 24.2 Å². The molecule has 0 saturated heterocycles. The second kappa shape index (κ2) is 4.47. The molecule has 0 N–H and O–H groups in total. The Bertz CT molecular complexity index is 658. The third-order valence-corrected chi connectivity index (χ3v) is 4.08. The lowest BCUT2D eigenvalue weighted by Crippen LogP contribution is -2.35. The van der Waals surface area contributed by atoms with Gasteiger partial charge in [-0.25, -0.2) is 0 Å². The summed E-state index contributed by atoms with van der Waals surface area (Å²) in [4.78, 5) is 14.4. The molecule has 1 saturated carbocycles. The number of carbonyl (C=O) groups excluding carboxylic acids is 1. The summed E-state index contributed by atoms with van der Waals surface area (Å²) in [6.45, 7) is 0.751. The Labute approximate surface area is 117 Å². The standard InChI is InChI=1S/C16H16N2O2/c19-16(13-10-15(20-17-13)12-7-8-12)18-9-3-5-11-4-1-2-6-14(11)18/h1-2,4,6,10,12H,3,5,7-9H2. The van der Waals surface area contributed by atoms with E-state index >= 15 is 0 Å². The van der Waals surface area contributed by atoms with Crippen molar-refractivity contribution >= 4 is 11.6 Å². The van der Waals surface area contributed by atoms with E-state index in [1.165, 1.54) is 5.56 Å². The molecule has 1 fully saturated rings. The molecule has 0 spiro atoms. The predicted octanol–water partition coefficient (Wildman–Crippen LogP) is 3.15. The van der Waals surface area contributed by atoms with Gasteiger partial charge in [0.1, 0.15) is 5.76 Å². The van der Waals surface area contributed by atoms with Gasteiger partial charge >= 0.3 is 0 Å². The largest absolute Gasteiger partial charge is 0.360 e. The highest BCUT2D eigenvalue weighted by atomic mass is 16.5. The summed E-state index contributed by atoms with van der Waals surface area (Å²) in [7, 11) is 0. The highest BCUT2D eigenvalue weighted by molar-refractivity contribution is 6.05. The zero-order valence-corrected chi connectivity index (χ0v) is 11.2. The van der Waals surface area contributed by atoms with Gasteiger partial charge in [0.05, 0.1) is 0 Å². The molecule has 4 heteroatoms. The van der Waals surface area contributed by atoms with Crippen LogP contribution in [-0.2, 0) is 6.42 Å². The summed E-state index contributed by atoms with van der Waals surface area (Å²) in [5.74, 6) is 1.30. The predicted molar refractivity (Wildman–Crippen MR) is 74.9 cm³/mol. The Morgan fingerprint density at radius 2 is 2.15 bits per heavy atom. The lowest BCUT2D eigenvalue weighted by atomic mass is 10.0. The van der Waals surface area contributed by atoms with Crippen molar-refractivity contribution in [2.75, 3.05) is 11.4 Å². The lowest BCUT2D eigenvalue weighted by molar-refractivity contribution is 0.0976. The number of aryl methyl sites for hydroxylation is 1. The molecule has 1 aromatic heterocycles. The summed E-state index contributed by atoms with van der Waals surface area (Å²) >= 11 is 0. The number of para-hydroxylation sites is 1. The monoisotopic (exact) mass is 268 g/mol. The molecular weight excluding hydrogens is 252 g/mol. The SMILES string of the molecule is O=C(c1cc(C2CC2)on1)N1CCCc2ccccc21. The zero-order valence-electron chi connectivity index (χ0n) is 11.2. The van der Waals surface area contributed by atoms with E-state index in [1.807, 2.05) is 29.2 Å². The Kier molecular flexibility index (Phi) is 2.62. The average molecular weight is 268 g/mol. The van der Waals surface area contributed by atoms with E-state index in [9.17, 15) is 4.79 Å². The second-order valence-corrected chi connectivity index (χ2v) is 5.58. The van der Waals surface area contributed by atoms with Gasteiger partial charge in [-0.1, -0.05) is 23.4 Å². The second-order valence-electron chi connectivity index (χ2n) is 5.58. The summed E-state index contributed by atoms with van der Waals surface area (Å²) in [6, 6.07) is 9.91. The molecule has 102 valence electrons. The number of carbonyl (C=O) groups is 1. The molecule has 4 nitrogen and oxygen atoms in total. The first-order valence-corrected chi connectivity index (χ1v) is 7.19. The Balaban J connectivity index is 1.65.